The van der Waals surface area contributed by atoms with Gasteiger partial charge in [0.1, 0.15) is 0 Å². The average Bonchev–Trinajstić information content (AvgIpc) is 2.45. The van der Waals surface area contributed by atoms with Crippen molar-refractivity contribution < 1.29 is 4.74 Å². The third-order valence-electron chi connectivity index (χ3n) is 3.66. The Morgan fingerprint density at radius 1 is 1.21 bits per heavy atom. The van der Waals surface area contributed by atoms with E-state index in [1.165, 1.54) is 17.5 Å². The molecule has 1 atom stereocenters. The predicted octanol–water partition coefficient (Wildman–Crippen LogP) is 2.37. The van der Waals surface area contributed by atoms with Crippen LogP contribution in [0, 0.1) is 6.92 Å². The van der Waals surface area contributed by atoms with Crippen molar-refractivity contribution >= 4 is 0 Å². The van der Waals surface area contributed by atoms with E-state index >= 15 is 0 Å². The molecule has 3 heteroatoms. The molecule has 106 valence electrons. The Morgan fingerprint density at radius 3 is 2.53 bits per heavy atom. The number of benzene rings is 1. The first-order valence-electron chi connectivity index (χ1n) is 7.39. The third kappa shape index (κ3) is 4.60. The van der Waals surface area contributed by atoms with Crippen LogP contribution in [0.15, 0.2) is 24.3 Å². The molecule has 3 nitrogen and oxygen atoms in total. The minimum absolute atomic E-state index is 0.429. The van der Waals surface area contributed by atoms with Crippen molar-refractivity contribution in [3.05, 3.63) is 35.4 Å². The zero-order valence-corrected chi connectivity index (χ0v) is 12.2. The van der Waals surface area contributed by atoms with E-state index in [1.807, 2.05) is 0 Å². The molecule has 1 unspecified atom stereocenters. The number of nitrogens with zero attached hydrogens (tertiary/aromatic N) is 1. The zero-order valence-electron chi connectivity index (χ0n) is 12.2. The number of rotatable bonds is 6. The van der Waals surface area contributed by atoms with Gasteiger partial charge >= 0.3 is 0 Å². The van der Waals surface area contributed by atoms with Gasteiger partial charge in [-0.25, -0.2) is 0 Å². The molecule has 0 spiro atoms. The number of hydrogen-bond donors (Lipinski definition) is 1. The van der Waals surface area contributed by atoms with Gasteiger partial charge < -0.3 is 10.1 Å². The topological polar surface area (TPSA) is 24.5 Å². The monoisotopic (exact) mass is 262 g/mol. The van der Waals surface area contributed by atoms with E-state index in [0.717, 1.165) is 39.4 Å². The standard InChI is InChI=1S/C16H26N2O/c1-3-8-17-16(13-18-9-11-19-12-10-18)15-6-4-14(2)5-7-15/h4-7,16-17H,3,8-13H2,1-2H3. The third-order valence-corrected chi connectivity index (χ3v) is 3.66. The molecule has 0 saturated carbocycles. The Balaban J connectivity index is 1.99. The van der Waals surface area contributed by atoms with Gasteiger partial charge in [0.25, 0.3) is 0 Å². The van der Waals surface area contributed by atoms with Crippen LogP contribution >= 0.6 is 0 Å². The van der Waals surface area contributed by atoms with Crippen molar-refractivity contribution in [2.24, 2.45) is 0 Å². The molecule has 1 heterocycles. The maximum absolute atomic E-state index is 5.42. The lowest BCUT2D eigenvalue weighted by atomic mass is 10.0. The Hall–Kier alpha value is -0.900. The Labute approximate surface area is 116 Å². The maximum Gasteiger partial charge on any atom is 0.0594 e. The van der Waals surface area contributed by atoms with Crippen LogP contribution in [0.2, 0.25) is 0 Å². The van der Waals surface area contributed by atoms with E-state index in [1.54, 1.807) is 0 Å². The fourth-order valence-corrected chi connectivity index (χ4v) is 2.45. The van der Waals surface area contributed by atoms with Crippen LogP contribution in [0.5, 0.6) is 0 Å². The second-order valence-electron chi connectivity index (χ2n) is 5.33. The summed E-state index contributed by atoms with van der Waals surface area (Å²) in [5.41, 5.74) is 2.72. The van der Waals surface area contributed by atoms with Crippen molar-refractivity contribution in [2.75, 3.05) is 39.4 Å². The van der Waals surface area contributed by atoms with Crippen LogP contribution < -0.4 is 5.32 Å². The fraction of sp³-hybridized carbons (Fsp3) is 0.625. The summed E-state index contributed by atoms with van der Waals surface area (Å²) in [5.74, 6) is 0. The van der Waals surface area contributed by atoms with E-state index in [0.29, 0.717) is 6.04 Å². The predicted molar refractivity (Wildman–Crippen MR) is 79.5 cm³/mol. The molecule has 1 aliphatic heterocycles. The highest BCUT2D eigenvalue weighted by Crippen LogP contribution is 2.16. The first-order chi connectivity index (χ1) is 9.29. The lowest BCUT2D eigenvalue weighted by Crippen LogP contribution is -2.42. The van der Waals surface area contributed by atoms with Crippen LogP contribution in [-0.4, -0.2) is 44.3 Å². The highest BCUT2D eigenvalue weighted by molar-refractivity contribution is 5.24. The molecule has 0 aromatic heterocycles. The minimum atomic E-state index is 0.429. The Morgan fingerprint density at radius 2 is 1.89 bits per heavy atom. The molecule has 2 rings (SSSR count). The molecule has 1 aromatic rings. The van der Waals surface area contributed by atoms with Gasteiger partial charge in [-0.15, -0.1) is 0 Å². The van der Waals surface area contributed by atoms with Gasteiger partial charge in [-0.2, -0.15) is 0 Å². The van der Waals surface area contributed by atoms with E-state index in [2.05, 4.69) is 48.3 Å². The molecule has 0 amide bonds. The number of nitrogens with one attached hydrogen (secondary N) is 1. The molecular formula is C16H26N2O. The van der Waals surface area contributed by atoms with Crippen molar-refractivity contribution in [2.45, 2.75) is 26.3 Å². The van der Waals surface area contributed by atoms with Gasteiger partial charge in [0.15, 0.2) is 0 Å². The molecule has 0 bridgehead atoms. The van der Waals surface area contributed by atoms with Gasteiger partial charge in [-0.1, -0.05) is 36.8 Å². The molecule has 1 aromatic carbocycles. The highest BCUT2D eigenvalue weighted by Gasteiger charge is 2.17. The smallest absolute Gasteiger partial charge is 0.0594 e. The second-order valence-corrected chi connectivity index (χ2v) is 5.33. The van der Waals surface area contributed by atoms with E-state index in [9.17, 15) is 0 Å². The van der Waals surface area contributed by atoms with Crippen molar-refractivity contribution in [1.82, 2.24) is 10.2 Å². The lowest BCUT2D eigenvalue weighted by Gasteiger charge is -2.31. The van der Waals surface area contributed by atoms with Crippen molar-refractivity contribution in [3.63, 3.8) is 0 Å². The molecule has 1 saturated heterocycles. The van der Waals surface area contributed by atoms with Gasteiger partial charge in [0, 0.05) is 25.7 Å². The summed E-state index contributed by atoms with van der Waals surface area (Å²) in [6.07, 6.45) is 1.17. The summed E-state index contributed by atoms with van der Waals surface area (Å²) < 4.78 is 5.42. The summed E-state index contributed by atoms with van der Waals surface area (Å²) in [4.78, 5) is 2.50. The van der Waals surface area contributed by atoms with E-state index < -0.39 is 0 Å². The van der Waals surface area contributed by atoms with Gasteiger partial charge in [-0.05, 0) is 25.5 Å². The number of morpholine rings is 1. The molecule has 1 N–H and O–H groups in total. The van der Waals surface area contributed by atoms with Crippen LogP contribution in [0.3, 0.4) is 0 Å². The van der Waals surface area contributed by atoms with Crippen LogP contribution in [0.1, 0.15) is 30.5 Å². The SMILES string of the molecule is CCCNC(CN1CCOCC1)c1ccc(C)cc1. The van der Waals surface area contributed by atoms with Gasteiger partial charge in [0.05, 0.1) is 13.2 Å². The molecule has 19 heavy (non-hydrogen) atoms. The average molecular weight is 262 g/mol. The molecular weight excluding hydrogens is 236 g/mol. The van der Waals surface area contributed by atoms with E-state index in [4.69, 9.17) is 4.74 Å². The lowest BCUT2D eigenvalue weighted by molar-refractivity contribution is 0.0334. The van der Waals surface area contributed by atoms with Crippen molar-refractivity contribution in [1.29, 1.82) is 0 Å². The van der Waals surface area contributed by atoms with Gasteiger partial charge in [-0.3, -0.25) is 4.90 Å². The van der Waals surface area contributed by atoms with E-state index in [-0.39, 0.29) is 0 Å². The molecule has 1 aliphatic rings. The summed E-state index contributed by atoms with van der Waals surface area (Å²) in [7, 11) is 0. The number of hydrogen-bond acceptors (Lipinski definition) is 3. The van der Waals surface area contributed by atoms with Crippen LogP contribution in [-0.2, 0) is 4.74 Å². The second kappa shape index (κ2) is 7.63. The fourth-order valence-electron chi connectivity index (χ4n) is 2.45. The largest absolute Gasteiger partial charge is 0.379 e. The molecule has 1 fully saturated rings. The summed E-state index contributed by atoms with van der Waals surface area (Å²) in [6, 6.07) is 9.34. The Kier molecular flexibility index (Phi) is 5.83. The molecule has 0 radical (unpaired) electrons. The Bertz CT molecular complexity index is 358. The van der Waals surface area contributed by atoms with Crippen LogP contribution in [0.25, 0.3) is 0 Å². The minimum Gasteiger partial charge on any atom is -0.379 e. The normalized spacial score (nSPS) is 18.4. The summed E-state index contributed by atoms with van der Waals surface area (Å²) in [6.45, 7) is 10.3. The number of ether oxygens (including phenoxy) is 1. The van der Waals surface area contributed by atoms with Crippen LogP contribution in [0.4, 0.5) is 0 Å². The maximum atomic E-state index is 5.42. The quantitative estimate of drug-likeness (QED) is 0.852. The van der Waals surface area contributed by atoms with Gasteiger partial charge in [0.2, 0.25) is 0 Å². The highest BCUT2D eigenvalue weighted by atomic mass is 16.5. The summed E-state index contributed by atoms with van der Waals surface area (Å²) >= 11 is 0. The van der Waals surface area contributed by atoms with Crippen molar-refractivity contribution in [3.8, 4) is 0 Å². The molecule has 0 aliphatic carbocycles. The summed E-state index contributed by atoms with van der Waals surface area (Å²) in [5, 5.41) is 3.67. The zero-order chi connectivity index (χ0) is 13.5. The first kappa shape index (κ1) is 14.5. The first-order valence-corrected chi connectivity index (χ1v) is 7.39. The number of aryl methyl sites for hydroxylation is 1.